The molecule has 13 heavy (non-hydrogen) atoms. The van der Waals surface area contributed by atoms with E-state index in [-0.39, 0.29) is 11.9 Å². The molecule has 0 saturated heterocycles. The van der Waals surface area contributed by atoms with Crippen LogP contribution in [-0.4, -0.2) is 17.9 Å². The second kappa shape index (κ2) is 4.40. The van der Waals surface area contributed by atoms with Crippen molar-refractivity contribution in [2.45, 2.75) is 45.7 Å². The Morgan fingerprint density at radius 3 is 2.69 bits per heavy atom. The zero-order chi connectivity index (χ0) is 9.84. The van der Waals surface area contributed by atoms with Crippen molar-refractivity contribution in [2.24, 2.45) is 4.99 Å². The molecule has 0 radical (unpaired) electrons. The van der Waals surface area contributed by atoms with Crippen LogP contribution in [0.25, 0.3) is 0 Å². The Morgan fingerprint density at radius 2 is 2.23 bits per heavy atom. The summed E-state index contributed by atoms with van der Waals surface area (Å²) in [6.45, 7) is 5.33. The number of hydrogen-bond donors (Lipinski definition) is 1. The first kappa shape index (κ1) is 10.2. The summed E-state index contributed by atoms with van der Waals surface area (Å²) >= 11 is 0. The average molecular weight is 184 g/mol. The fourth-order valence-corrected chi connectivity index (χ4v) is 1.15. The van der Waals surface area contributed by atoms with Gasteiger partial charge in [0.1, 0.15) is 11.9 Å². The largest absolute Gasteiger partial charge is 0.371 e. The van der Waals surface area contributed by atoms with Crippen molar-refractivity contribution in [3.63, 3.8) is 0 Å². The molecule has 1 fully saturated rings. The summed E-state index contributed by atoms with van der Waals surface area (Å²) in [5.41, 5.74) is 0. The summed E-state index contributed by atoms with van der Waals surface area (Å²) in [4.78, 5) is 4.19. The predicted octanol–water partition coefficient (Wildman–Crippen LogP) is 2.42. The van der Waals surface area contributed by atoms with Crippen LogP contribution in [0.5, 0.6) is 0 Å². The van der Waals surface area contributed by atoms with Crippen molar-refractivity contribution in [1.82, 2.24) is 5.32 Å². The zero-order valence-corrected chi connectivity index (χ0v) is 8.47. The molecular weight excluding hydrogens is 167 g/mol. The minimum atomic E-state index is -0.351. The number of halogens is 1. The number of hydrogen-bond acceptors (Lipinski definition) is 1. The van der Waals surface area contributed by atoms with Gasteiger partial charge < -0.3 is 5.32 Å². The summed E-state index contributed by atoms with van der Waals surface area (Å²) in [6.07, 6.45) is 3.89. The molecule has 0 spiro atoms. The van der Waals surface area contributed by atoms with Gasteiger partial charge in [0, 0.05) is 6.04 Å². The van der Waals surface area contributed by atoms with Crippen molar-refractivity contribution in [2.75, 3.05) is 0 Å². The van der Waals surface area contributed by atoms with E-state index in [9.17, 15) is 4.39 Å². The van der Waals surface area contributed by atoms with Gasteiger partial charge in [-0.2, -0.15) is 0 Å². The van der Waals surface area contributed by atoms with Crippen LogP contribution in [-0.2, 0) is 0 Å². The van der Waals surface area contributed by atoms with E-state index in [1.54, 1.807) is 13.8 Å². The number of amidine groups is 1. The van der Waals surface area contributed by atoms with Gasteiger partial charge in [0.2, 0.25) is 0 Å². The molecular formula is C10H17FN2. The summed E-state index contributed by atoms with van der Waals surface area (Å²) in [7, 11) is 0. The Morgan fingerprint density at radius 1 is 1.62 bits per heavy atom. The molecule has 0 aromatic heterocycles. The van der Waals surface area contributed by atoms with Gasteiger partial charge in [0.15, 0.2) is 0 Å². The lowest BCUT2D eigenvalue weighted by molar-refractivity contribution is 0.558. The van der Waals surface area contributed by atoms with Crippen molar-refractivity contribution >= 4 is 5.84 Å². The van der Waals surface area contributed by atoms with E-state index in [4.69, 9.17) is 0 Å². The molecule has 1 aliphatic carbocycles. The van der Waals surface area contributed by atoms with E-state index in [0.29, 0.717) is 6.04 Å². The van der Waals surface area contributed by atoms with Gasteiger partial charge >= 0.3 is 0 Å². The third kappa shape index (κ3) is 3.57. The molecule has 1 saturated carbocycles. The normalized spacial score (nSPS) is 21.5. The molecule has 0 aromatic rings. The number of allylic oxidation sites excluding steroid dienone is 1. The zero-order valence-electron chi connectivity index (χ0n) is 8.47. The van der Waals surface area contributed by atoms with Crippen molar-refractivity contribution in [3.8, 4) is 0 Å². The molecule has 0 bridgehead atoms. The Bertz CT molecular complexity index is 229. The highest BCUT2D eigenvalue weighted by Gasteiger charge is 2.21. The van der Waals surface area contributed by atoms with E-state index in [1.807, 2.05) is 6.92 Å². The van der Waals surface area contributed by atoms with Gasteiger partial charge in [-0.05, 0) is 33.6 Å². The molecule has 1 atom stereocenters. The minimum absolute atomic E-state index is 0.169. The monoisotopic (exact) mass is 184 g/mol. The van der Waals surface area contributed by atoms with Crippen molar-refractivity contribution in [3.05, 3.63) is 11.9 Å². The van der Waals surface area contributed by atoms with E-state index in [0.717, 1.165) is 5.84 Å². The second-order valence-electron chi connectivity index (χ2n) is 3.48. The maximum Gasteiger partial charge on any atom is 0.120 e. The molecule has 0 amide bonds. The molecule has 0 aliphatic heterocycles. The summed E-state index contributed by atoms with van der Waals surface area (Å²) in [6, 6.07) is 0.237. The first-order valence-electron chi connectivity index (χ1n) is 4.76. The molecule has 1 aliphatic rings. The molecule has 2 nitrogen and oxygen atoms in total. The van der Waals surface area contributed by atoms with Crippen LogP contribution < -0.4 is 5.32 Å². The standard InChI is InChI=1S/C10H17FN2/c1-4-10(11)7(2)12-8(3)13-9-5-6-9/h4,7,9H,5-6H2,1-3H3,(H,12,13)/b10-4+. The third-order valence-electron chi connectivity index (χ3n) is 2.05. The van der Waals surface area contributed by atoms with Gasteiger partial charge in [0.05, 0.1) is 5.84 Å². The number of nitrogens with zero attached hydrogens (tertiary/aromatic N) is 1. The predicted molar refractivity (Wildman–Crippen MR) is 53.6 cm³/mol. The van der Waals surface area contributed by atoms with Crippen molar-refractivity contribution < 1.29 is 4.39 Å². The van der Waals surface area contributed by atoms with Crippen LogP contribution in [0.3, 0.4) is 0 Å². The molecule has 74 valence electrons. The Hall–Kier alpha value is -0.860. The summed E-state index contributed by atoms with van der Waals surface area (Å²) in [5, 5.41) is 3.22. The third-order valence-corrected chi connectivity index (χ3v) is 2.05. The maximum atomic E-state index is 13.0. The van der Waals surface area contributed by atoms with E-state index < -0.39 is 0 Å². The molecule has 0 aromatic carbocycles. The van der Waals surface area contributed by atoms with E-state index >= 15 is 0 Å². The topological polar surface area (TPSA) is 24.4 Å². The van der Waals surface area contributed by atoms with Gasteiger partial charge in [-0.25, -0.2) is 4.39 Å². The smallest absolute Gasteiger partial charge is 0.120 e. The lowest BCUT2D eigenvalue weighted by Crippen LogP contribution is -2.24. The minimum Gasteiger partial charge on any atom is -0.371 e. The summed E-state index contributed by atoms with van der Waals surface area (Å²) < 4.78 is 13.0. The molecule has 1 rings (SSSR count). The Balaban J connectivity index is 2.42. The number of nitrogens with one attached hydrogen (secondary N) is 1. The molecule has 1 N–H and O–H groups in total. The van der Waals surface area contributed by atoms with Crippen LogP contribution in [0.2, 0.25) is 0 Å². The quantitative estimate of drug-likeness (QED) is 0.528. The van der Waals surface area contributed by atoms with Crippen LogP contribution in [0.15, 0.2) is 16.9 Å². The molecule has 3 heteroatoms. The van der Waals surface area contributed by atoms with Gasteiger partial charge in [-0.1, -0.05) is 6.08 Å². The van der Waals surface area contributed by atoms with E-state index in [1.165, 1.54) is 18.9 Å². The highest BCUT2D eigenvalue weighted by molar-refractivity contribution is 5.80. The highest BCUT2D eigenvalue weighted by Crippen LogP contribution is 2.18. The van der Waals surface area contributed by atoms with Crippen LogP contribution >= 0.6 is 0 Å². The highest BCUT2D eigenvalue weighted by atomic mass is 19.1. The van der Waals surface area contributed by atoms with Gasteiger partial charge in [-0.3, -0.25) is 4.99 Å². The fraction of sp³-hybridized carbons (Fsp3) is 0.700. The second-order valence-corrected chi connectivity index (χ2v) is 3.48. The van der Waals surface area contributed by atoms with Crippen LogP contribution in [0.4, 0.5) is 4.39 Å². The first-order valence-corrected chi connectivity index (χ1v) is 4.76. The fourth-order valence-electron chi connectivity index (χ4n) is 1.15. The summed E-state index contributed by atoms with van der Waals surface area (Å²) in [5.74, 6) is 0.670. The number of aliphatic imine (C=N–C) groups is 1. The average Bonchev–Trinajstić information content (AvgIpc) is 2.86. The van der Waals surface area contributed by atoms with Gasteiger partial charge in [0.25, 0.3) is 0 Å². The molecule has 1 unspecified atom stereocenters. The first-order chi connectivity index (χ1) is 6.13. The SMILES string of the molecule is C/C=C(/F)C(C)/N=C(/C)NC1CC1. The lowest BCUT2D eigenvalue weighted by Gasteiger charge is -2.07. The van der Waals surface area contributed by atoms with E-state index in [2.05, 4.69) is 10.3 Å². The van der Waals surface area contributed by atoms with Crippen LogP contribution in [0, 0.1) is 0 Å². The number of rotatable bonds is 3. The molecule has 0 heterocycles. The Labute approximate surface area is 78.9 Å². The lowest BCUT2D eigenvalue weighted by atomic mass is 10.3. The maximum absolute atomic E-state index is 13.0. The van der Waals surface area contributed by atoms with Crippen LogP contribution in [0.1, 0.15) is 33.6 Å². The van der Waals surface area contributed by atoms with Gasteiger partial charge in [-0.15, -0.1) is 0 Å². The Kier molecular flexibility index (Phi) is 3.46. The van der Waals surface area contributed by atoms with Crippen molar-refractivity contribution in [1.29, 1.82) is 0 Å².